The van der Waals surface area contributed by atoms with Crippen molar-refractivity contribution in [1.82, 2.24) is 19.5 Å². The lowest BCUT2D eigenvalue weighted by atomic mass is 10.1. The number of imidazole rings is 1. The Morgan fingerprint density at radius 2 is 1.76 bits per heavy atom. The third-order valence-corrected chi connectivity index (χ3v) is 4.39. The Labute approximate surface area is 147 Å². The molecule has 2 aromatic carbocycles. The van der Waals surface area contributed by atoms with E-state index in [0.29, 0.717) is 0 Å². The second-order valence-electron chi connectivity index (χ2n) is 6.37. The maximum absolute atomic E-state index is 4.81. The van der Waals surface area contributed by atoms with Crippen LogP contribution in [0.15, 0.2) is 60.9 Å². The Morgan fingerprint density at radius 3 is 2.60 bits per heavy atom. The Morgan fingerprint density at radius 1 is 0.920 bits per heavy atom. The molecule has 0 N–H and O–H groups in total. The number of nitrogens with zero attached hydrogens (tertiary/aromatic N) is 4. The Kier molecular flexibility index (Phi) is 4.02. The van der Waals surface area contributed by atoms with Crippen molar-refractivity contribution in [3.05, 3.63) is 78.0 Å². The van der Waals surface area contributed by atoms with Crippen LogP contribution in [0.5, 0.6) is 0 Å². The van der Waals surface area contributed by atoms with Gasteiger partial charge < -0.3 is 4.57 Å². The molecular weight excluding hydrogens is 308 g/mol. The number of aromatic nitrogens is 4. The molecule has 124 valence electrons. The quantitative estimate of drug-likeness (QED) is 0.566. The van der Waals surface area contributed by atoms with Crippen LogP contribution in [0.1, 0.15) is 17.1 Å². The van der Waals surface area contributed by atoms with Crippen LogP contribution in [0.2, 0.25) is 0 Å². The third-order valence-electron chi connectivity index (χ3n) is 4.39. The predicted molar refractivity (Wildman–Crippen MR) is 100 cm³/mol. The van der Waals surface area contributed by atoms with Gasteiger partial charge in [-0.05, 0) is 31.5 Å². The standard InChI is InChI=1S/C21H20N4/c1-15-6-5-7-16(12-15)20-14-25(2)21(24-20)11-10-17-13-22-18-8-3-4-9-19(18)23-17/h3-9,12-14H,10-11H2,1-2H3. The molecule has 0 atom stereocenters. The van der Waals surface area contributed by atoms with Crippen LogP contribution in [-0.4, -0.2) is 19.5 Å². The van der Waals surface area contributed by atoms with E-state index < -0.39 is 0 Å². The maximum atomic E-state index is 4.81. The minimum Gasteiger partial charge on any atom is -0.337 e. The van der Waals surface area contributed by atoms with Gasteiger partial charge in [-0.15, -0.1) is 0 Å². The zero-order chi connectivity index (χ0) is 17.2. The van der Waals surface area contributed by atoms with Crippen molar-refractivity contribution in [2.24, 2.45) is 7.05 Å². The molecule has 0 bridgehead atoms. The smallest absolute Gasteiger partial charge is 0.109 e. The number of hydrogen-bond acceptors (Lipinski definition) is 3. The van der Waals surface area contributed by atoms with Gasteiger partial charge in [0.2, 0.25) is 0 Å². The van der Waals surface area contributed by atoms with Crippen molar-refractivity contribution in [1.29, 1.82) is 0 Å². The van der Waals surface area contributed by atoms with Crippen LogP contribution in [0.4, 0.5) is 0 Å². The maximum Gasteiger partial charge on any atom is 0.109 e. The van der Waals surface area contributed by atoms with Crippen LogP contribution in [0.25, 0.3) is 22.3 Å². The van der Waals surface area contributed by atoms with Crippen LogP contribution < -0.4 is 0 Å². The van der Waals surface area contributed by atoms with Crippen molar-refractivity contribution in [2.45, 2.75) is 19.8 Å². The van der Waals surface area contributed by atoms with Crippen molar-refractivity contribution in [3.63, 3.8) is 0 Å². The van der Waals surface area contributed by atoms with E-state index >= 15 is 0 Å². The molecule has 0 aliphatic carbocycles. The molecule has 0 fully saturated rings. The minimum absolute atomic E-state index is 0.829. The van der Waals surface area contributed by atoms with Crippen LogP contribution in [0.3, 0.4) is 0 Å². The van der Waals surface area contributed by atoms with Crippen LogP contribution in [-0.2, 0) is 19.9 Å². The normalized spacial score (nSPS) is 11.1. The van der Waals surface area contributed by atoms with Gasteiger partial charge in [-0.2, -0.15) is 0 Å². The van der Waals surface area contributed by atoms with E-state index in [2.05, 4.69) is 46.9 Å². The molecule has 4 aromatic rings. The molecule has 0 saturated carbocycles. The Bertz CT molecular complexity index is 1030. The van der Waals surface area contributed by atoms with Gasteiger partial charge in [0.25, 0.3) is 0 Å². The summed E-state index contributed by atoms with van der Waals surface area (Å²) in [7, 11) is 2.05. The second kappa shape index (κ2) is 6.48. The zero-order valence-electron chi connectivity index (χ0n) is 14.5. The summed E-state index contributed by atoms with van der Waals surface area (Å²) in [4.78, 5) is 14.0. The van der Waals surface area contributed by atoms with E-state index in [9.17, 15) is 0 Å². The molecule has 0 aliphatic heterocycles. The summed E-state index contributed by atoms with van der Waals surface area (Å²) in [5.41, 5.74) is 6.30. The second-order valence-corrected chi connectivity index (χ2v) is 6.37. The van der Waals surface area contributed by atoms with E-state index in [0.717, 1.165) is 46.7 Å². The first-order valence-corrected chi connectivity index (χ1v) is 8.49. The molecule has 4 heteroatoms. The predicted octanol–water partition coefficient (Wildman–Crippen LogP) is 4.12. The summed E-state index contributed by atoms with van der Waals surface area (Å²) in [6.07, 6.45) is 5.63. The van der Waals surface area contributed by atoms with Crippen molar-refractivity contribution in [3.8, 4) is 11.3 Å². The first-order chi connectivity index (χ1) is 12.2. The van der Waals surface area contributed by atoms with Gasteiger partial charge in [0.1, 0.15) is 5.82 Å². The summed E-state index contributed by atoms with van der Waals surface area (Å²) in [6, 6.07) is 16.4. The molecule has 0 saturated heterocycles. The summed E-state index contributed by atoms with van der Waals surface area (Å²) >= 11 is 0. The van der Waals surface area contributed by atoms with E-state index in [1.165, 1.54) is 5.56 Å². The molecule has 2 aromatic heterocycles. The number of hydrogen-bond donors (Lipinski definition) is 0. The number of benzene rings is 2. The Hall–Kier alpha value is -3.01. The highest BCUT2D eigenvalue weighted by atomic mass is 15.0. The highest BCUT2D eigenvalue weighted by Crippen LogP contribution is 2.20. The van der Waals surface area contributed by atoms with Gasteiger partial charge in [-0.3, -0.25) is 4.98 Å². The molecule has 0 unspecified atom stereocenters. The topological polar surface area (TPSA) is 43.6 Å². The summed E-state index contributed by atoms with van der Waals surface area (Å²) < 4.78 is 2.10. The summed E-state index contributed by atoms with van der Waals surface area (Å²) in [5, 5.41) is 0. The molecule has 0 spiro atoms. The molecule has 0 aliphatic rings. The largest absolute Gasteiger partial charge is 0.337 e. The van der Waals surface area contributed by atoms with Gasteiger partial charge in [0.15, 0.2) is 0 Å². The lowest BCUT2D eigenvalue weighted by Crippen LogP contribution is -2.02. The number of fused-ring (bicyclic) bond motifs is 1. The zero-order valence-corrected chi connectivity index (χ0v) is 14.5. The van der Waals surface area contributed by atoms with Crippen molar-refractivity contribution in [2.75, 3.05) is 0 Å². The van der Waals surface area contributed by atoms with E-state index in [1.807, 2.05) is 37.5 Å². The molecule has 4 nitrogen and oxygen atoms in total. The van der Waals surface area contributed by atoms with Crippen LogP contribution >= 0.6 is 0 Å². The molecule has 25 heavy (non-hydrogen) atoms. The van der Waals surface area contributed by atoms with Gasteiger partial charge >= 0.3 is 0 Å². The number of rotatable bonds is 4. The van der Waals surface area contributed by atoms with E-state index in [1.54, 1.807) is 0 Å². The average Bonchev–Trinajstić information content (AvgIpc) is 3.01. The molecule has 2 heterocycles. The highest BCUT2D eigenvalue weighted by molar-refractivity contribution is 5.73. The van der Waals surface area contributed by atoms with Gasteiger partial charge in [-0.25, -0.2) is 9.97 Å². The van der Waals surface area contributed by atoms with E-state index in [-0.39, 0.29) is 0 Å². The first kappa shape index (κ1) is 15.5. The fourth-order valence-electron chi connectivity index (χ4n) is 3.04. The molecule has 0 radical (unpaired) electrons. The van der Waals surface area contributed by atoms with Crippen molar-refractivity contribution >= 4 is 11.0 Å². The van der Waals surface area contributed by atoms with Crippen LogP contribution in [0, 0.1) is 6.92 Å². The number of aryl methyl sites for hydroxylation is 4. The highest BCUT2D eigenvalue weighted by Gasteiger charge is 2.09. The SMILES string of the molecule is Cc1cccc(-c2cn(C)c(CCc3cnc4ccccc4n3)n2)c1. The fourth-order valence-corrected chi connectivity index (χ4v) is 3.04. The minimum atomic E-state index is 0.829. The lowest BCUT2D eigenvalue weighted by molar-refractivity contribution is 0.762. The fraction of sp³-hybridized carbons (Fsp3) is 0.190. The van der Waals surface area contributed by atoms with Gasteiger partial charge in [0, 0.05) is 31.4 Å². The molecule has 4 rings (SSSR count). The molecule has 0 amide bonds. The number of para-hydroxylation sites is 2. The monoisotopic (exact) mass is 328 g/mol. The average molecular weight is 328 g/mol. The lowest BCUT2D eigenvalue weighted by Gasteiger charge is -2.03. The van der Waals surface area contributed by atoms with Gasteiger partial charge in [0.05, 0.1) is 22.4 Å². The van der Waals surface area contributed by atoms with Gasteiger partial charge in [-0.1, -0.05) is 35.9 Å². The summed E-state index contributed by atoms with van der Waals surface area (Å²) in [6.45, 7) is 2.10. The summed E-state index contributed by atoms with van der Waals surface area (Å²) in [5.74, 6) is 1.06. The first-order valence-electron chi connectivity index (χ1n) is 8.49. The molecular formula is C21H20N4. The Balaban J connectivity index is 1.54. The third kappa shape index (κ3) is 3.29. The van der Waals surface area contributed by atoms with E-state index in [4.69, 9.17) is 9.97 Å². The van der Waals surface area contributed by atoms with Crippen molar-refractivity contribution < 1.29 is 0 Å².